The minimum absolute atomic E-state index is 0.00519. The number of rotatable bonds is 6. The van der Waals surface area contributed by atoms with Gasteiger partial charge in [-0.1, -0.05) is 19.9 Å². The van der Waals surface area contributed by atoms with E-state index in [2.05, 4.69) is 10.4 Å². The van der Waals surface area contributed by atoms with Gasteiger partial charge in [0.25, 0.3) is 5.91 Å². The Hall–Kier alpha value is -3.03. The predicted octanol–water partition coefficient (Wildman–Crippen LogP) is 4.08. The molecular formula is C23H28F3N5O3. The summed E-state index contributed by atoms with van der Waals surface area (Å²) in [6, 6.07) is 1.69. The fourth-order valence-corrected chi connectivity index (χ4v) is 6.21. The molecule has 0 saturated heterocycles. The number of ether oxygens (including phenoxy) is 1. The zero-order valence-corrected chi connectivity index (χ0v) is 19.1. The van der Waals surface area contributed by atoms with E-state index in [0.29, 0.717) is 23.4 Å². The van der Waals surface area contributed by atoms with Gasteiger partial charge in [0.15, 0.2) is 5.69 Å². The van der Waals surface area contributed by atoms with E-state index < -0.39 is 40.5 Å². The summed E-state index contributed by atoms with van der Waals surface area (Å²) in [5.41, 5.74) is 2.27. The lowest BCUT2D eigenvalue weighted by Crippen LogP contribution is -2.63. The van der Waals surface area contributed by atoms with Crippen molar-refractivity contribution in [3.63, 3.8) is 0 Å². The average Bonchev–Trinajstić information content (AvgIpc) is 3.12. The molecule has 8 nitrogen and oxygen atoms in total. The lowest BCUT2D eigenvalue weighted by molar-refractivity contribution is -0.143. The van der Waals surface area contributed by atoms with Crippen LogP contribution in [0.25, 0.3) is 6.20 Å². The average molecular weight is 480 g/mol. The van der Waals surface area contributed by atoms with Crippen molar-refractivity contribution in [1.82, 2.24) is 15.1 Å². The van der Waals surface area contributed by atoms with Gasteiger partial charge in [-0.15, -0.1) is 0 Å². The van der Waals surface area contributed by atoms with E-state index >= 15 is 0 Å². The molecule has 4 saturated carbocycles. The monoisotopic (exact) mass is 479 g/mol. The highest BCUT2D eigenvalue weighted by atomic mass is 19.4. The lowest BCUT2D eigenvalue weighted by Gasteiger charge is -2.58. The Morgan fingerprint density at radius 1 is 1.32 bits per heavy atom. The summed E-state index contributed by atoms with van der Waals surface area (Å²) < 4.78 is 47.9. The van der Waals surface area contributed by atoms with Crippen LogP contribution in [0.4, 0.5) is 18.0 Å². The van der Waals surface area contributed by atoms with E-state index in [1.807, 2.05) is 6.07 Å². The molecule has 4 aliphatic rings. The van der Waals surface area contributed by atoms with Crippen LogP contribution in [-0.4, -0.2) is 33.4 Å². The molecule has 0 spiro atoms. The van der Waals surface area contributed by atoms with Crippen LogP contribution >= 0.6 is 0 Å². The standard InChI is InChI=1S/C23H28F3N5O3/c1-21(2,3-5-27)4-6-31-18(23(24,25)26)16(12-29-31)19(32)30-17-14-7-13-8-15(17)11-22(9-13,10-14)34-20(28)33/h4,6,12-15,17H,3,7-11H2,1-2H3,(H2,28,33)(H,30,32). The Bertz CT molecular complexity index is 1040. The van der Waals surface area contributed by atoms with Gasteiger partial charge in [-0.25, -0.2) is 9.48 Å². The SMILES string of the molecule is CC(C)(C=Cn1ncc(C(=O)NC2C3CC4CC2CC(OC(N)=O)(C4)C3)c1C(F)(F)F)CC#N. The minimum Gasteiger partial charge on any atom is -0.443 e. The number of carbonyl (C=O) groups excluding carboxylic acids is 2. The second kappa shape index (κ2) is 8.32. The first-order chi connectivity index (χ1) is 15.8. The summed E-state index contributed by atoms with van der Waals surface area (Å²) in [5, 5.41) is 15.5. The number of hydrogen-bond acceptors (Lipinski definition) is 5. The topological polar surface area (TPSA) is 123 Å². The highest BCUT2D eigenvalue weighted by Crippen LogP contribution is 2.57. The van der Waals surface area contributed by atoms with E-state index in [1.54, 1.807) is 13.8 Å². The normalized spacial score (nSPS) is 30.4. The van der Waals surface area contributed by atoms with Gasteiger partial charge in [-0.2, -0.15) is 23.5 Å². The summed E-state index contributed by atoms with van der Waals surface area (Å²) in [7, 11) is 0. The highest BCUT2D eigenvalue weighted by Gasteiger charge is 2.57. The molecule has 0 radical (unpaired) electrons. The number of aromatic nitrogens is 2. The molecule has 34 heavy (non-hydrogen) atoms. The number of amides is 2. The molecule has 2 amide bonds. The molecule has 4 aliphatic carbocycles. The molecule has 0 aromatic carbocycles. The Morgan fingerprint density at radius 3 is 2.53 bits per heavy atom. The summed E-state index contributed by atoms with van der Waals surface area (Å²) in [4.78, 5) is 24.4. The Balaban J connectivity index is 1.55. The smallest absolute Gasteiger partial charge is 0.434 e. The Labute approximate surface area is 195 Å². The molecule has 2 unspecified atom stereocenters. The van der Waals surface area contributed by atoms with Gasteiger partial charge in [0.1, 0.15) is 5.60 Å². The Kier molecular flexibility index (Phi) is 5.90. The van der Waals surface area contributed by atoms with Gasteiger partial charge in [0, 0.05) is 18.7 Å². The van der Waals surface area contributed by atoms with Crippen molar-refractivity contribution >= 4 is 18.2 Å². The molecule has 11 heteroatoms. The number of allylic oxidation sites excluding steroid dienone is 1. The quantitative estimate of drug-likeness (QED) is 0.636. The number of primary amides is 1. The summed E-state index contributed by atoms with van der Waals surface area (Å²) in [6.07, 6.45) is 1.49. The number of carbonyl (C=O) groups is 2. The summed E-state index contributed by atoms with van der Waals surface area (Å²) in [6.45, 7) is 3.44. The van der Waals surface area contributed by atoms with E-state index in [0.717, 1.165) is 31.7 Å². The molecule has 2 atom stereocenters. The minimum atomic E-state index is -4.81. The molecule has 0 aliphatic heterocycles. The van der Waals surface area contributed by atoms with Crippen molar-refractivity contribution in [3.05, 3.63) is 23.5 Å². The van der Waals surface area contributed by atoms with Crippen molar-refractivity contribution in [3.8, 4) is 6.07 Å². The zero-order chi connectivity index (χ0) is 24.9. The molecule has 5 rings (SSSR count). The third-order valence-electron chi connectivity index (χ3n) is 7.34. The predicted molar refractivity (Wildman–Crippen MR) is 115 cm³/mol. The number of halogens is 3. The van der Waals surface area contributed by atoms with Crippen molar-refractivity contribution in [1.29, 1.82) is 5.26 Å². The number of nitrogens with zero attached hydrogens (tertiary/aromatic N) is 3. The second-order valence-corrected chi connectivity index (χ2v) is 10.6. The van der Waals surface area contributed by atoms with Gasteiger partial charge in [-0.3, -0.25) is 4.79 Å². The van der Waals surface area contributed by atoms with Crippen molar-refractivity contribution < 1.29 is 27.5 Å². The first-order valence-electron chi connectivity index (χ1n) is 11.3. The number of nitriles is 1. The number of nitrogens with one attached hydrogen (secondary N) is 1. The maximum absolute atomic E-state index is 13.9. The number of nitrogens with two attached hydrogens (primary N) is 1. The second-order valence-electron chi connectivity index (χ2n) is 10.6. The van der Waals surface area contributed by atoms with Crippen LogP contribution in [0.3, 0.4) is 0 Å². The van der Waals surface area contributed by atoms with Gasteiger partial charge in [-0.05, 0) is 55.3 Å². The van der Waals surface area contributed by atoms with Gasteiger partial charge < -0.3 is 15.8 Å². The maximum atomic E-state index is 13.9. The maximum Gasteiger partial charge on any atom is 0.434 e. The number of alkyl halides is 3. The van der Waals surface area contributed by atoms with Crippen LogP contribution in [0.5, 0.6) is 0 Å². The summed E-state index contributed by atoms with van der Waals surface area (Å²) >= 11 is 0. The van der Waals surface area contributed by atoms with Crippen LogP contribution < -0.4 is 11.1 Å². The molecule has 1 aromatic heterocycles. The van der Waals surface area contributed by atoms with Crippen LogP contribution in [0.2, 0.25) is 0 Å². The van der Waals surface area contributed by atoms with Crippen molar-refractivity contribution in [2.24, 2.45) is 28.9 Å². The molecule has 4 fully saturated rings. The van der Waals surface area contributed by atoms with Crippen LogP contribution in [-0.2, 0) is 10.9 Å². The van der Waals surface area contributed by atoms with Crippen LogP contribution in [0.15, 0.2) is 12.3 Å². The lowest BCUT2D eigenvalue weighted by atomic mass is 9.52. The van der Waals surface area contributed by atoms with Gasteiger partial charge >= 0.3 is 12.3 Å². The van der Waals surface area contributed by atoms with E-state index in [-0.39, 0.29) is 24.3 Å². The van der Waals surface area contributed by atoms with E-state index in [9.17, 15) is 22.8 Å². The molecule has 3 N–H and O–H groups in total. The van der Waals surface area contributed by atoms with Crippen LogP contribution in [0.1, 0.15) is 68.4 Å². The zero-order valence-electron chi connectivity index (χ0n) is 19.1. The summed E-state index contributed by atoms with van der Waals surface area (Å²) in [5.74, 6) is -0.470. The molecule has 184 valence electrons. The van der Waals surface area contributed by atoms with Crippen LogP contribution in [0, 0.1) is 34.5 Å². The molecule has 1 aromatic rings. The van der Waals surface area contributed by atoms with E-state index in [1.165, 1.54) is 6.08 Å². The third-order valence-corrected chi connectivity index (χ3v) is 7.34. The highest BCUT2D eigenvalue weighted by molar-refractivity contribution is 5.95. The molecule has 1 heterocycles. The fourth-order valence-electron chi connectivity index (χ4n) is 6.21. The fraction of sp³-hybridized carbons (Fsp3) is 0.652. The largest absolute Gasteiger partial charge is 0.443 e. The van der Waals surface area contributed by atoms with Crippen molar-refractivity contribution in [2.75, 3.05) is 0 Å². The third kappa shape index (κ3) is 4.63. The number of hydrogen-bond donors (Lipinski definition) is 2. The first kappa shape index (κ1) is 24.1. The molecular weight excluding hydrogens is 451 g/mol. The van der Waals surface area contributed by atoms with Crippen molar-refractivity contribution in [2.45, 2.75) is 70.2 Å². The van der Waals surface area contributed by atoms with Gasteiger partial charge in [0.2, 0.25) is 0 Å². The Morgan fingerprint density at radius 2 is 1.97 bits per heavy atom. The molecule has 4 bridgehead atoms. The van der Waals surface area contributed by atoms with E-state index in [4.69, 9.17) is 15.7 Å². The van der Waals surface area contributed by atoms with Gasteiger partial charge in [0.05, 0.1) is 17.8 Å². The first-order valence-corrected chi connectivity index (χ1v) is 11.3.